The fraction of sp³-hybridized carbons (Fsp3) is 0.962. The van der Waals surface area contributed by atoms with Gasteiger partial charge in [0, 0.05) is 13.8 Å². The van der Waals surface area contributed by atoms with Crippen molar-refractivity contribution in [2.45, 2.75) is 266 Å². The Morgan fingerprint density at radius 1 is 0.298 bits per heavy atom. The van der Waals surface area contributed by atoms with E-state index in [1.165, 1.54) is 6.92 Å². The first kappa shape index (κ1) is 77.2. The van der Waals surface area contributed by atoms with Gasteiger partial charge in [0.1, 0.15) is 189 Å². The van der Waals surface area contributed by atoms with Crippen molar-refractivity contribution in [3.05, 3.63) is 0 Å². The zero-order valence-corrected chi connectivity index (χ0v) is 50.3. The molecule has 0 spiro atoms. The molecule has 8 aliphatic rings. The standard InChI is InChI=1S/C52H88N2O40/c1-11-23(60)31(68)36(73)47(84-11)83-10-20-43(29(66)21(45(79)85-20)53-12(2)58)92-46-22(54-13(3)59)30(67)42(16(6-57)88-46)93-52-41(78)44(94-51-40(77)35(72)27(64)18(90-51)8-81-49-38(75)33(70)25(62)15(5-56)87-49)28(65)19(91-52)9-82-50-39(76)34(71)26(63)17(89-50)7-80-48-37(74)32(69)24(61)14(4-55)86-48/h11,14-52,55-57,60-79H,4-10H2,1-3H3,(H,53,58)(H,54,59)/t11-,14+,15+,16+,17+,18+,19+,20+,21+,22-,23+,24+,25+,26+,27+,28+,29+,30+,31+,32-,33-,34-,35-,36-,37-,38-,39-,40-,41-,42+,43+,44-,45+,46-,47-,48+,49+,50+,51-,52-/m0/s1. The summed E-state index contributed by atoms with van der Waals surface area (Å²) in [6, 6.07) is -3.58. The van der Waals surface area contributed by atoms with Crippen LogP contribution in [0.5, 0.6) is 0 Å². The number of aliphatic hydroxyl groups excluding tert-OH is 23. The lowest BCUT2D eigenvalue weighted by Crippen LogP contribution is -2.70. The number of rotatable bonds is 23. The third-order valence-electron chi connectivity index (χ3n) is 17.3. The molecule has 25 N–H and O–H groups in total. The van der Waals surface area contributed by atoms with Crippen molar-refractivity contribution in [2.75, 3.05) is 46.2 Å². The maximum absolute atomic E-state index is 12.9. The molecule has 0 aromatic rings. The molecular formula is C52H88N2O40. The Bertz CT molecular complexity index is 2370. The topological polar surface area (TPSA) is 662 Å². The summed E-state index contributed by atoms with van der Waals surface area (Å²) in [6.07, 6.45) is -73.7. The molecule has 0 radical (unpaired) electrons. The van der Waals surface area contributed by atoms with Crippen molar-refractivity contribution in [3.63, 3.8) is 0 Å². The highest BCUT2D eigenvalue weighted by Crippen LogP contribution is 2.37. The monoisotopic (exact) mass is 1380 g/mol. The van der Waals surface area contributed by atoms with E-state index in [-0.39, 0.29) is 0 Å². The van der Waals surface area contributed by atoms with Gasteiger partial charge >= 0.3 is 0 Å². The van der Waals surface area contributed by atoms with Crippen LogP contribution in [0, 0.1) is 0 Å². The van der Waals surface area contributed by atoms with Crippen molar-refractivity contribution >= 4 is 11.8 Å². The Kier molecular flexibility index (Phi) is 27.3. The van der Waals surface area contributed by atoms with E-state index >= 15 is 0 Å². The minimum atomic E-state index is -2.42. The zero-order valence-electron chi connectivity index (χ0n) is 50.3. The molecule has 0 aliphatic carbocycles. The third-order valence-corrected chi connectivity index (χ3v) is 17.3. The minimum Gasteiger partial charge on any atom is -0.394 e. The van der Waals surface area contributed by atoms with E-state index in [0.29, 0.717) is 0 Å². The minimum absolute atomic E-state index is 0.789. The van der Waals surface area contributed by atoms with Gasteiger partial charge in [-0.3, -0.25) is 9.59 Å². The van der Waals surface area contributed by atoms with Gasteiger partial charge in [-0.25, -0.2) is 0 Å². The smallest absolute Gasteiger partial charge is 0.217 e. The van der Waals surface area contributed by atoms with E-state index in [1.54, 1.807) is 0 Å². The molecule has 8 aliphatic heterocycles. The highest BCUT2D eigenvalue weighted by atomic mass is 16.8. The molecule has 8 saturated heterocycles. The van der Waals surface area contributed by atoms with E-state index in [1.807, 2.05) is 0 Å². The highest BCUT2D eigenvalue weighted by molar-refractivity contribution is 5.73. The van der Waals surface area contributed by atoms with E-state index in [2.05, 4.69) is 10.6 Å². The lowest BCUT2D eigenvalue weighted by molar-refractivity contribution is -0.386. The number of hydrogen-bond donors (Lipinski definition) is 25. The summed E-state index contributed by atoms with van der Waals surface area (Å²) in [6.45, 7) is -3.14. The molecule has 42 nitrogen and oxygen atoms in total. The van der Waals surface area contributed by atoms with Gasteiger partial charge in [-0.1, -0.05) is 0 Å². The highest BCUT2D eigenvalue weighted by Gasteiger charge is 2.58. The molecule has 0 bridgehead atoms. The van der Waals surface area contributed by atoms with E-state index in [9.17, 15) is 127 Å². The van der Waals surface area contributed by atoms with Crippen molar-refractivity contribution in [2.24, 2.45) is 0 Å². The van der Waals surface area contributed by atoms with Crippen LogP contribution >= 0.6 is 0 Å². The molecule has 2 amide bonds. The summed E-state index contributed by atoms with van der Waals surface area (Å²) in [5.41, 5.74) is 0. The Morgan fingerprint density at radius 3 is 1.05 bits per heavy atom. The van der Waals surface area contributed by atoms with E-state index < -0.39 is 304 Å². The van der Waals surface area contributed by atoms with Crippen LogP contribution in [0.15, 0.2) is 0 Å². The SMILES string of the molecule is CC(=O)N[C@@H]1[C@H](O[C@H]2[C@H](O)[C@@H](NC(C)=O)[C@H](O)O[C@@H]2CO[C@H]2O[C@@H](C)[C@@H](O)[C@@H](O)[C@@H]2O)O[C@H](CO)[C@@H](O[C@@H]2O[C@H](CO[C@@H]3O[C@H](CO[C@@H]4O[C@H](CO)[C@@H](O)[C@H](O)[C@@H]4O)[C@@H](O)[C@H](O)[C@@H]3O)[C@@H](O)[C@H](O[C@@H]3O[C@H](CO[C@@H]4O[C@H](CO)[C@@H](O)[C@H](O)[C@@H]4O)[C@@H](O)[C@H](O)[C@@H]3O)[C@@H]2O)[C@@H]1O. The lowest BCUT2D eigenvalue weighted by atomic mass is 9.94. The van der Waals surface area contributed by atoms with Gasteiger partial charge in [0.2, 0.25) is 11.8 Å². The van der Waals surface area contributed by atoms with Gasteiger partial charge in [-0.15, -0.1) is 0 Å². The first-order valence-corrected chi connectivity index (χ1v) is 30.0. The normalized spacial score (nSPS) is 51.2. The molecule has 8 rings (SSSR count). The summed E-state index contributed by atoms with van der Waals surface area (Å²) in [7, 11) is 0. The van der Waals surface area contributed by atoms with Crippen LogP contribution in [0.4, 0.5) is 0 Å². The second-order valence-corrected chi connectivity index (χ2v) is 24.0. The van der Waals surface area contributed by atoms with Crippen LogP contribution < -0.4 is 10.6 Å². The Labute approximate surface area is 532 Å². The fourth-order valence-electron chi connectivity index (χ4n) is 11.8. The molecule has 0 aromatic carbocycles. The van der Waals surface area contributed by atoms with Crippen LogP contribution in [-0.2, 0) is 80.6 Å². The van der Waals surface area contributed by atoms with Gasteiger partial charge in [0.05, 0.1) is 52.4 Å². The van der Waals surface area contributed by atoms with Crippen molar-refractivity contribution in [1.29, 1.82) is 0 Å². The summed E-state index contributed by atoms with van der Waals surface area (Å²) in [5, 5.41) is 254. The summed E-state index contributed by atoms with van der Waals surface area (Å²) >= 11 is 0. The number of carbonyl (C=O) groups excluding carboxylic acids is 2. The predicted octanol–water partition coefficient (Wildman–Crippen LogP) is -17.1. The average Bonchev–Trinajstić information content (AvgIpc) is 0.773. The Morgan fingerprint density at radius 2 is 0.606 bits per heavy atom. The molecule has 8 heterocycles. The summed E-state index contributed by atoms with van der Waals surface area (Å²) in [4.78, 5) is 25.2. The summed E-state index contributed by atoms with van der Waals surface area (Å²) < 4.78 is 85.9. The molecule has 0 saturated carbocycles. The molecule has 546 valence electrons. The number of ether oxygens (including phenoxy) is 15. The summed E-state index contributed by atoms with van der Waals surface area (Å²) in [5.74, 6) is -1.71. The second kappa shape index (κ2) is 33.3. The molecule has 42 heteroatoms. The largest absolute Gasteiger partial charge is 0.394 e. The molecule has 0 aromatic heterocycles. The third kappa shape index (κ3) is 16.9. The molecular weight excluding hydrogens is 1290 g/mol. The molecule has 0 unspecified atom stereocenters. The van der Waals surface area contributed by atoms with Crippen LogP contribution in [0.25, 0.3) is 0 Å². The van der Waals surface area contributed by atoms with Gasteiger partial charge < -0.3 is 199 Å². The molecule has 40 atom stereocenters. The van der Waals surface area contributed by atoms with Gasteiger partial charge in [-0.2, -0.15) is 0 Å². The number of amides is 2. The quantitative estimate of drug-likeness (QED) is 0.0452. The van der Waals surface area contributed by atoms with Gasteiger partial charge in [0.15, 0.2) is 50.3 Å². The van der Waals surface area contributed by atoms with Crippen molar-refractivity contribution in [3.8, 4) is 0 Å². The first-order valence-electron chi connectivity index (χ1n) is 30.0. The fourth-order valence-corrected chi connectivity index (χ4v) is 11.8. The number of aliphatic hydroxyl groups is 23. The van der Waals surface area contributed by atoms with Crippen molar-refractivity contribution < 1.29 is 198 Å². The molecule has 8 fully saturated rings. The van der Waals surface area contributed by atoms with Crippen LogP contribution in [0.3, 0.4) is 0 Å². The maximum atomic E-state index is 12.9. The van der Waals surface area contributed by atoms with Crippen molar-refractivity contribution in [1.82, 2.24) is 10.6 Å². The van der Waals surface area contributed by atoms with Gasteiger partial charge in [0.25, 0.3) is 0 Å². The van der Waals surface area contributed by atoms with Crippen LogP contribution in [0.2, 0.25) is 0 Å². The van der Waals surface area contributed by atoms with Crippen LogP contribution in [-0.4, -0.2) is 421 Å². The Balaban J connectivity index is 1.05. The number of nitrogens with one attached hydrogen (secondary N) is 2. The lowest BCUT2D eigenvalue weighted by Gasteiger charge is -2.50. The molecule has 94 heavy (non-hydrogen) atoms. The second-order valence-electron chi connectivity index (χ2n) is 24.0. The first-order chi connectivity index (χ1) is 44.3. The number of carbonyl (C=O) groups is 2. The van der Waals surface area contributed by atoms with E-state index in [4.69, 9.17) is 71.1 Å². The number of hydrogen-bond acceptors (Lipinski definition) is 40. The van der Waals surface area contributed by atoms with Crippen LogP contribution in [0.1, 0.15) is 20.8 Å². The average molecular weight is 1380 g/mol. The predicted molar refractivity (Wildman–Crippen MR) is 286 cm³/mol. The zero-order chi connectivity index (χ0) is 69.2. The Hall–Kier alpha value is -2.58. The van der Waals surface area contributed by atoms with Gasteiger partial charge in [-0.05, 0) is 6.92 Å². The maximum Gasteiger partial charge on any atom is 0.217 e. The van der Waals surface area contributed by atoms with E-state index in [0.717, 1.165) is 13.8 Å².